The highest BCUT2D eigenvalue weighted by Crippen LogP contribution is 2.13. The molecule has 0 aliphatic carbocycles. The van der Waals surface area contributed by atoms with Gasteiger partial charge in [0.2, 0.25) is 0 Å². The van der Waals surface area contributed by atoms with Gasteiger partial charge in [0.25, 0.3) is 0 Å². The Morgan fingerprint density at radius 1 is 1.50 bits per heavy atom. The predicted octanol–water partition coefficient (Wildman–Crippen LogP) is 0.705. The molecule has 0 saturated heterocycles. The molecule has 0 spiro atoms. The van der Waals surface area contributed by atoms with E-state index in [1.807, 2.05) is 0 Å². The number of hydrogen-bond donors (Lipinski definition) is 1. The minimum absolute atomic E-state index is 0.0804. The van der Waals surface area contributed by atoms with Crippen molar-refractivity contribution in [3.63, 3.8) is 0 Å². The van der Waals surface area contributed by atoms with Gasteiger partial charge in [-0.05, 0) is 6.42 Å². The van der Waals surface area contributed by atoms with Crippen LogP contribution in [0.2, 0.25) is 0 Å². The molecule has 3 nitrogen and oxygen atoms in total. The summed E-state index contributed by atoms with van der Waals surface area (Å²) in [6.45, 7) is 0.262. The second kappa shape index (κ2) is 6.27. The SMILES string of the molecule is C#CCOCCCNC(=O)C(F)(F)F. The van der Waals surface area contributed by atoms with Gasteiger partial charge >= 0.3 is 12.1 Å². The Hall–Kier alpha value is -1.22. The molecular weight excluding hydrogens is 199 g/mol. The molecule has 0 rings (SSSR count). The van der Waals surface area contributed by atoms with Crippen molar-refractivity contribution in [1.29, 1.82) is 0 Å². The summed E-state index contributed by atoms with van der Waals surface area (Å²) >= 11 is 0. The summed E-state index contributed by atoms with van der Waals surface area (Å²) in [7, 11) is 0. The summed E-state index contributed by atoms with van der Waals surface area (Å²) < 4.78 is 39.6. The number of hydrogen-bond acceptors (Lipinski definition) is 2. The average molecular weight is 209 g/mol. The number of halogens is 3. The second-order valence-electron chi connectivity index (χ2n) is 2.36. The molecule has 0 aromatic carbocycles. The van der Waals surface area contributed by atoms with Gasteiger partial charge in [0, 0.05) is 13.2 Å². The number of nitrogens with one attached hydrogen (secondary N) is 1. The van der Waals surface area contributed by atoms with Crippen LogP contribution in [0.5, 0.6) is 0 Å². The van der Waals surface area contributed by atoms with Crippen LogP contribution < -0.4 is 5.32 Å². The lowest BCUT2D eigenvalue weighted by molar-refractivity contribution is -0.173. The van der Waals surface area contributed by atoms with Crippen molar-refractivity contribution in [2.75, 3.05) is 19.8 Å². The molecule has 0 aliphatic heterocycles. The maximum atomic E-state index is 11.6. The van der Waals surface area contributed by atoms with Gasteiger partial charge in [-0.15, -0.1) is 6.42 Å². The van der Waals surface area contributed by atoms with Gasteiger partial charge in [-0.2, -0.15) is 13.2 Å². The Kier molecular flexibility index (Phi) is 5.72. The molecule has 6 heteroatoms. The number of carbonyl (C=O) groups is 1. The van der Waals surface area contributed by atoms with Gasteiger partial charge < -0.3 is 10.1 Å². The van der Waals surface area contributed by atoms with Crippen LogP contribution in [-0.2, 0) is 9.53 Å². The molecule has 0 aromatic rings. The minimum Gasteiger partial charge on any atom is -0.369 e. The van der Waals surface area contributed by atoms with Gasteiger partial charge in [-0.3, -0.25) is 4.79 Å². The van der Waals surface area contributed by atoms with Crippen molar-refractivity contribution < 1.29 is 22.7 Å². The van der Waals surface area contributed by atoms with Crippen LogP contribution >= 0.6 is 0 Å². The topological polar surface area (TPSA) is 38.3 Å². The molecule has 0 unspecified atom stereocenters. The fraction of sp³-hybridized carbons (Fsp3) is 0.625. The van der Waals surface area contributed by atoms with Gasteiger partial charge in [0.15, 0.2) is 0 Å². The summed E-state index contributed by atoms with van der Waals surface area (Å²) in [5.74, 6) is 0.266. The molecule has 0 heterocycles. The zero-order valence-corrected chi connectivity index (χ0v) is 7.36. The lowest BCUT2D eigenvalue weighted by Gasteiger charge is -2.07. The number of terminal acetylenes is 1. The van der Waals surface area contributed by atoms with Gasteiger partial charge in [-0.1, -0.05) is 5.92 Å². The van der Waals surface area contributed by atoms with Gasteiger partial charge in [0.1, 0.15) is 6.61 Å². The highest BCUT2D eigenvalue weighted by atomic mass is 19.4. The van der Waals surface area contributed by atoms with E-state index in [0.29, 0.717) is 6.42 Å². The standard InChI is InChI=1S/C8H10F3NO2/c1-2-5-14-6-3-4-12-7(13)8(9,10)11/h1H,3-6H2,(H,12,13). The van der Waals surface area contributed by atoms with E-state index >= 15 is 0 Å². The van der Waals surface area contributed by atoms with E-state index in [9.17, 15) is 18.0 Å². The third-order valence-electron chi connectivity index (χ3n) is 1.19. The molecule has 14 heavy (non-hydrogen) atoms. The number of alkyl halides is 3. The van der Waals surface area contributed by atoms with Crippen LogP contribution in [-0.4, -0.2) is 31.8 Å². The van der Waals surface area contributed by atoms with E-state index < -0.39 is 12.1 Å². The molecule has 80 valence electrons. The largest absolute Gasteiger partial charge is 0.471 e. The van der Waals surface area contributed by atoms with E-state index in [1.165, 1.54) is 0 Å². The van der Waals surface area contributed by atoms with Crippen LogP contribution in [0.25, 0.3) is 0 Å². The van der Waals surface area contributed by atoms with Crippen LogP contribution in [0, 0.1) is 12.3 Å². The maximum absolute atomic E-state index is 11.6. The summed E-state index contributed by atoms with van der Waals surface area (Å²) in [6.07, 6.45) is 0.330. The normalized spacial score (nSPS) is 10.7. The zero-order chi connectivity index (χ0) is 11.0. The Morgan fingerprint density at radius 3 is 2.64 bits per heavy atom. The third-order valence-corrected chi connectivity index (χ3v) is 1.19. The van der Waals surface area contributed by atoms with Crippen molar-refractivity contribution in [1.82, 2.24) is 5.32 Å². The Labute approximate surface area is 79.6 Å². The third kappa shape index (κ3) is 6.31. The van der Waals surface area contributed by atoms with E-state index in [-0.39, 0.29) is 19.8 Å². The molecule has 0 atom stereocenters. The van der Waals surface area contributed by atoms with E-state index in [4.69, 9.17) is 11.2 Å². The van der Waals surface area contributed by atoms with Crippen molar-refractivity contribution >= 4 is 5.91 Å². The fourth-order valence-corrected chi connectivity index (χ4v) is 0.607. The first-order chi connectivity index (χ1) is 6.48. The summed E-state index contributed by atoms with van der Waals surface area (Å²) in [5, 5.41) is 1.70. The maximum Gasteiger partial charge on any atom is 0.471 e. The minimum atomic E-state index is -4.82. The molecule has 1 N–H and O–H groups in total. The van der Waals surface area contributed by atoms with E-state index in [1.54, 1.807) is 5.32 Å². The van der Waals surface area contributed by atoms with Crippen molar-refractivity contribution in [2.45, 2.75) is 12.6 Å². The summed E-state index contributed by atoms with van der Waals surface area (Å²) in [5.41, 5.74) is 0. The quantitative estimate of drug-likeness (QED) is 0.534. The van der Waals surface area contributed by atoms with Crippen molar-refractivity contribution in [2.24, 2.45) is 0 Å². The molecule has 0 radical (unpaired) electrons. The predicted molar refractivity (Wildman–Crippen MR) is 43.3 cm³/mol. The molecule has 0 bridgehead atoms. The molecule has 0 fully saturated rings. The first-order valence-electron chi connectivity index (χ1n) is 3.84. The Bertz CT molecular complexity index is 220. The highest BCUT2D eigenvalue weighted by molar-refractivity contribution is 5.81. The van der Waals surface area contributed by atoms with Crippen LogP contribution in [0.4, 0.5) is 13.2 Å². The second-order valence-corrected chi connectivity index (χ2v) is 2.36. The zero-order valence-electron chi connectivity index (χ0n) is 7.36. The fourth-order valence-electron chi connectivity index (χ4n) is 0.607. The summed E-state index contributed by atoms with van der Waals surface area (Å²) in [4.78, 5) is 10.2. The molecular formula is C8H10F3NO2. The van der Waals surface area contributed by atoms with Crippen LogP contribution in [0.15, 0.2) is 0 Å². The first kappa shape index (κ1) is 12.8. The first-order valence-corrected chi connectivity index (χ1v) is 3.84. The number of amides is 1. The smallest absolute Gasteiger partial charge is 0.369 e. The number of rotatable bonds is 5. The summed E-state index contributed by atoms with van der Waals surface area (Å²) in [6, 6.07) is 0. The number of ether oxygens (including phenoxy) is 1. The van der Waals surface area contributed by atoms with E-state index in [0.717, 1.165) is 0 Å². The van der Waals surface area contributed by atoms with Crippen molar-refractivity contribution in [3.8, 4) is 12.3 Å². The van der Waals surface area contributed by atoms with Crippen molar-refractivity contribution in [3.05, 3.63) is 0 Å². The lowest BCUT2D eigenvalue weighted by Crippen LogP contribution is -2.37. The lowest BCUT2D eigenvalue weighted by atomic mass is 10.4. The molecule has 1 amide bonds. The van der Waals surface area contributed by atoms with Gasteiger partial charge in [-0.25, -0.2) is 0 Å². The average Bonchev–Trinajstić information content (AvgIpc) is 2.09. The van der Waals surface area contributed by atoms with Gasteiger partial charge in [0.05, 0.1) is 0 Å². The Balaban J connectivity index is 3.38. The van der Waals surface area contributed by atoms with Crippen LogP contribution in [0.3, 0.4) is 0 Å². The van der Waals surface area contributed by atoms with Crippen LogP contribution in [0.1, 0.15) is 6.42 Å². The monoisotopic (exact) mass is 209 g/mol. The van der Waals surface area contributed by atoms with E-state index in [2.05, 4.69) is 5.92 Å². The molecule has 0 aromatic heterocycles. The molecule has 0 saturated carbocycles. The number of carbonyl (C=O) groups excluding carboxylic acids is 1. The highest BCUT2D eigenvalue weighted by Gasteiger charge is 2.38. The Morgan fingerprint density at radius 2 is 2.14 bits per heavy atom. The molecule has 0 aliphatic rings.